The third-order valence-corrected chi connectivity index (χ3v) is 6.63. The third kappa shape index (κ3) is 8.01. The number of aryl methyl sites for hydroxylation is 1. The standard InChI is InChI=1S/C25H34F2N6O.C2H4O2/c1-3-19-21(33-11-4-10-25(26,27)16-33)8-7-20(30-19)24(28)22(31(2)29)15-32-12-9-18(14-23(32)34)13-17-5-6-17;1-2(3)4/h7-9,12,14,17H,3-6,10-11,13,15-16,28-29H2,1-2H3;1H3,(H,3,4)/b24-22-;. The fraction of sp³-hybridized carbons (Fsp3) is 0.519. The molecular formula is C27H38F2N6O3. The Labute approximate surface area is 221 Å². The quantitative estimate of drug-likeness (QED) is 0.349. The molecule has 1 aliphatic carbocycles. The molecule has 3 heterocycles. The van der Waals surface area contributed by atoms with Crippen molar-refractivity contribution in [2.24, 2.45) is 17.5 Å². The van der Waals surface area contributed by atoms with Gasteiger partial charge in [0.2, 0.25) is 0 Å². The number of piperidine rings is 1. The van der Waals surface area contributed by atoms with Gasteiger partial charge in [-0.05, 0) is 61.8 Å². The number of alkyl halides is 2. The summed E-state index contributed by atoms with van der Waals surface area (Å²) in [4.78, 5) is 28.1. The molecule has 0 unspecified atom stereocenters. The SMILES string of the molecule is CC(=O)O.CCc1nc(/C(N)=C(\Cn2ccc(CC3CC3)cc2=O)N(C)N)ccc1N1CCCC(F)(F)C1. The number of pyridine rings is 2. The van der Waals surface area contributed by atoms with Crippen LogP contribution in [0.1, 0.15) is 56.5 Å². The molecule has 4 rings (SSSR count). The highest BCUT2D eigenvalue weighted by Crippen LogP contribution is 2.33. The Morgan fingerprint density at radius 1 is 1.29 bits per heavy atom. The van der Waals surface area contributed by atoms with Crippen LogP contribution in [-0.2, 0) is 24.2 Å². The monoisotopic (exact) mass is 532 g/mol. The zero-order chi connectivity index (χ0) is 28.0. The molecule has 0 aromatic carbocycles. The molecular weight excluding hydrogens is 494 g/mol. The van der Waals surface area contributed by atoms with Crippen LogP contribution in [0, 0.1) is 5.92 Å². The number of carbonyl (C=O) groups is 1. The van der Waals surface area contributed by atoms with E-state index < -0.39 is 11.9 Å². The number of hydrogen-bond acceptors (Lipinski definition) is 7. The number of aromatic nitrogens is 2. The number of aliphatic carboxylic acids is 1. The van der Waals surface area contributed by atoms with Crippen LogP contribution in [0.25, 0.3) is 5.70 Å². The Morgan fingerprint density at radius 3 is 2.53 bits per heavy atom. The van der Waals surface area contributed by atoms with Crippen molar-refractivity contribution in [2.75, 3.05) is 25.0 Å². The lowest BCUT2D eigenvalue weighted by Gasteiger charge is -2.35. The Morgan fingerprint density at radius 2 is 1.97 bits per heavy atom. The number of anilines is 1. The predicted octanol–water partition coefficient (Wildman–Crippen LogP) is 3.22. The lowest BCUT2D eigenvalue weighted by atomic mass is 10.1. The Bertz CT molecular complexity index is 1220. The van der Waals surface area contributed by atoms with Crippen LogP contribution >= 0.6 is 0 Å². The van der Waals surface area contributed by atoms with Gasteiger partial charge in [-0.25, -0.2) is 19.6 Å². The number of allylic oxidation sites excluding steroid dienone is 1. The van der Waals surface area contributed by atoms with E-state index in [9.17, 15) is 13.6 Å². The molecule has 9 nitrogen and oxygen atoms in total. The van der Waals surface area contributed by atoms with Crippen molar-refractivity contribution < 1.29 is 18.7 Å². The molecule has 1 aliphatic heterocycles. The van der Waals surface area contributed by atoms with Gasteiger partial charge < -0.3 is 25.3 Å². The number of likely N-dealkylation sites (N-methyl/N-ethyl adjacent to an activating group) is 1. The minimum absolute atomic E-state index is 0.0840. The van der Waals surface area contributed by atoms with Gasteiger partial charge in [0.15, 0.2) is 0 Å². The molecule has 2 fully saturated rings. The molecule has 38 heavy (non-hydrogen) atoms. The van der Waals surface area contributed by atoms with Crippen LogP contribution in [0.15, 0.2) is 41.0 Å². The molecule has 2 aliphatic rings. The summed E-state index contributed by atoms with van der Waals surface area (Å²) < 4.78 is 29.5. The molecule has 0 spiro atoms. The Balaban J connectivity index is 0.000000934. The van der Waals surface area contributed by atoms with Gasteiger partial charge >= 0.3 is 0 Å². The van der Waals surface area contributed by atoms with Crippen molar-refractivity contribution in [3.8, 4) is 0 Å². The fourth-order valence-electron chi connectivity index (χ4n) is 4.52. The topological polar surface area (TPSA) is 131 Å². The highest BCUT2D eigenvalue weighted by Gasteiger charge is 2.36. The van der Waals surface area contributed by atoms with Crippen molar-refractivity contribution >= 4 is 17.4 Å². The molecule has 1 saturated heterocycles. The molecule has 0 bridgehead atoms. The zero-order valence-corrected chi connectivity index (χ0v) is 22.3. The number of nitrogens with zero attached hydrogens (tertiary/aromatic N) is 4. The predicted molar refractivity (Wildman–Crippen MR) is 144 cm³/mol. The van der Waals surface area contributed by atoms with Crippen LogP contribution in [0.5, 0.6) is 0 Å². The maximum absolute atomic E-state index is 14.0. The maximum atomic E-state index is 14.0. The van der Waals surface area contributed by atoms with Crippen LogP contribution in [0.3, 0.4) is 0 Å². The van der Waals surface area contributed by atoms with Gasteiger partial charge in [0, 0.05) is 39.2 Å². The van der Waals surface area contributed by atoms with Gasteiger partial charge in [0.05, 0.1) is 41.6 Å². The summed E-state index contributed by atoms with van der Waals surface area (Å²) in [5, 5.41) is 8.81. The first kappa shape index (κ1) is 29.1. The molecule has 5 N–H and O–H groups in total. The number of hydrazine groups is 1. The molecule has 208 valence electrons. The van der Waals surface area contributed by atoms with E-state index in [1.807, 2.05) is 19.1 Å². The summed E-state index contributed by atoms with van der Waals surface area (Å²) in [6, 6.07) is 7.20. The second-order valence-corrected chi connectivity index (χ2v) is 10.0. The van der Waals surface area contributed by atoms with E-state index in [-0.39, 0.29) is 25.1 Å². The summed E-state index contributed by atoms with van der Waals surface area (Å²) in [6.07, 6.45) is 6.12. The van der Waals surface area contributed by atoms with Crippen LogP contribution in [0.2, 0.25) is 0 Å². The van der Waals surface area contributed by atoms with E-state index in [1.54, 1.807) is 34.8 Å². The van der Waals surface area contributed by atoms with Gasteiger partial charge in [-0.3, -0.25) is 9.59 Å². The van der Waals surface area contributed by atoms with E-state index in [1.165, 1.54) is 17.9 Å². The summed E-state index contributed by atoms with van der Waals surface area (Å²) in [5.41, 5.74) is 10.3. The fourth-order valence-corrected chi connectivity index (χ4v) is 4.52. The average molecular weight is 533 g/mol. The minimum atomic E-state index is -2.70. The van der Waals surface area contributed by atoms with Crippen LogP contribution in [0.4, 0.5) is 14.5 Å². The first-order valence-corrected chi connectivity index (χ1v) is 12.9. The largest absolute Gasteiger partial charge is 0.481 e. The number of carboxylic acids is 1. The number of carboxylic acid groups (broad SMARTS) is 1. The van der Waals surface area contributed by atoms with Gasteiger partial charge in [0.25, 0.3) is 17.5 Å². The van der Waals surface area contributed by atoms with Crippen molar-refractivity contribution in [3.63, 3.8) is 0 Å². The molecule has 11 heteroatoms. The van der Waals surface area contributed by atoms with Crippen LogP contribution in [-0.4, -0.2) is 51.7 Å². The van der Waals surface area contributed by atoms with Gasteiger partial charge in [0.1, 0.15) is 0 Å². The van der Waals surface area contributed by atoms with Crippen LogP contribution < -0.4 is 22.0 Å². The van der Waals surface area contributed by atoms with E-state index in [2.05, 4.69) is 0 Å². The van der Waals surface area contributed by atoms with Crippen molar-refractivity contribution in [3.05, 3.63) is 63.5 Å². The Kier molecular flexibility index (Phi) is 9.48. The van der Waals surface area contributed by atoms with Gasteiger partial charge in [-0.2, -0.15) is 0 Å². The third-order valence-electron chi connectivity index (χ3n) is 6.63. The molecule has 0 atom stereocenters. The molecule has 2 aromatic rings. The van der Waals surface area contributed by atoms with Gasteiger partial charge in [-0.15, -0.1) is 0 Å². The first-order valence-electron chi connectivity index (χ1n) is 12.9. The highest BCUT2D eigenvalue weighted by atomic mass is 19.3. The van der Waals surface area contributed by atoms with E-state index >= 15 is 0 Å². The zero-order valence-electron chi connectivity index (χ0n) is 22.3. The highest BCUT2D eigenvalue weighted by molar-refractivity contribution is 5.65. The van der Waals surface area contributed by atoms with Crippen molar-refractivity contribution in [2.45, 2.75) is 64.8 Å². The second-order valence-electron chi connectivity index (χ2n) is 10.0. The minimum Gasteiger partial charge on any atom is -0.481 e. The van der Waals surface area contributed by atoms with E-state index in [0.29, 0.717) is 53.8 Å². The number of nitrogens with two attached hydrogens (primary N) is 2. The van der Waals surface area contributed by atoms with Crippen molar-refractivity contribution in [1.29, 1.82) is 0 Å². The smallest absolute Gasteiger partial charge is 0.300 e. The summed E-state index contributed by atoms with van der Waals surface area (Å²) in [7, 11) is 1.67. The first-order chi connectivity index (χ1) is 17.9. The summed E-state index contributed by atoms with van der Waals surface area (Å²) in [5.74, 6) is 3.26. The molecule has 2 aromatic heterocycles. The number of rotatable bonds is 8. The van der Waals surface area contributed by atoms with Gasteiger partial charge in [-0.1, -0.05) is 6.92 Å². The van der Waals surface area contributed by atoms with E-state index in [4.69, 9.17) is 26.5 Å². The normalized spacial score (nSPS) is 17.3. The molecule has 0 amide bonds. The maximum Gasteiger partial charge on any atom is 0.300 e. The van der Waals surface area contributed by atoms with Crippen molar-refractivity contribution in [1.82, 2.24) is 14.6 Å². The lowest BCUT2D eigenvalue weighted by molar-refractivity contribution is -0.134. The summed E-state index contributed by atoms with van der Waals surface area (Å²) >= 11 is 0. The summed E-state index contributed by atoms with van der Waals surface area (Å²) in [6.45, 7) is 3.50. The second kappa shape index (κ2) is 12.4. The number of hydrogen-bond donors (Lipinski definition) is 3. The Hall–Kier alpha value is -3.47. The molecule has 1 saturated carbocycles. The van der Waals surface area contributed by atoms with E-state index in [0.717, 1.165) is 18.9 Å². The number of halogens is 2. The average Bonchev–Trinajstić information content (AvgIpc) is 3.65. The lowest BCUT2D eigenvalue weighted by Crippen LogP contribution is -2.43. The molecule has 0 radical (unpaired) electrons.